The molecule has 2 heteroatoms. The highest BCUT2D eigenvalue weighted by Crippen LogP contribution is 2.04. The lowest BCUT2D eigenvalue weighted by molar-refractivity contribution is 0.636. The third kappa shape index (κ3) is 22.5. The molecule has 0 aromatic heterocycles. The van der Waals surface area contributed by atoms with Gasteiger partial charge in [-0.25, -0.2) is 0 Å². The SMILES string of the molecule is C/C=C(C)\C(C)=C/N.CC.CC.CF. The molecule has 0 amide bonds. The summed E-state index contributed by atoms with van der Waals surface area (Å²) in [6.07, 6.45) is 3.66. The van der Waals surface area contributed by atoms with Gasteiger partial charge < -0.3 is 5.73 Å². The Bertz CT molecular complexity index is 110. The summed E-state index contributed by atoms with van der Waals surface area (Å²) in [6, 6.07) is 0. The van der Waals surface area contributed by atoms with Crippen LogP contribution < -0.4 is 5.73 Å². The summed E-state index contributed by atoms with van der Waals surface area (Å²) < 4.78 is 9.50. The van der Waals surface area contributed by atoms with Gasteiger partial charge in [0.1, 0.15) is 0 Å². The summed E-state index contributed by atoms with van der Waals surface area (Å²) in [5.74, 6) is 0. The van der Waals surface area contributed by atoms with Gasteiger partial charge in [-0.3, -0.25) is 4.39 Å². The molecule has 0 aliphatic carbocycles. The molecule has 0 aliphatic rings. The second kappa shape index (κ2) is 29.5. The zero-order valence-electron chi connectivity index (χ0n) is 11.1. The van der Waals surface area contributed by atoms with Gasteiger partial charge in [0, 0.05) is 0 Å². The molecule has 0 bridgehead atoms. The van der Waals surface area contributed by atoms with Crippen LogP contribution >= 0.6 is 0 Å². The second-order valence-corrected chi connectivity index (χ2v) is 1.82. The van der Waals surface area contributed by atoms with Crippen LogP contribution in [0.2, 0.25) is 0 Å². The molecule has 0 aromatic carbocycles. The zero-order chi connectivity index (χ0) is 12.6. The van der Waals surface area contributed by atoms with Gasteiger partial charge in [-0.15, -0.1) is 0 Å². The fourth-order valence-electron chi connectivity index (χ4n) is 0.359. The van der Waals surface area contributed by atoms with Crippen molar-refractivity contribution in [3.8, 4) is 0 Å². The van der Waals surface area contributed by atoms with Crippen LogP contribution in [0.3, 0.4) is 0 Å². The highest BCUT2D eigenvalue weighted by atomic mass is 19.1. The van der Waals surface area contributed by atoms with Gasteiger partial charge in [-0.05, 0) is 32.5 Å². The maximum Gasteiger partial charge on any atom is 0.0785 e. The summed E-state index contributed by atoms with van der Waals surface area (Å²) >= 11 is 0. The van der Waals surface area contributed by atoms with Crippen molar-refractivity contribution >= 4 is 0 Å². The van der Waals surface area contributed by atoms with Crippen LogP contribution in [-0.4, -0.2) is 7.18 Å². The quantitative estimate of drug-likeness (QED) is 0.629. The van der Waals surface area contributed by atoms with Crippen molar-refractivity contribution < 1.29 is 4.39 Å². The van der Waals surface area contributed by atoms with Crippen molar-refractivity contribution in [3.63, 3.8) is 0 Å². The fourth-order valence-corrected chi connectivity index (χ4v) is 0.359. The lowest BCUT2D eigenvalue weighted by Gasteiger charge is -1.95. The molecule has 0 radical (unpaired) electrons. The zero-order valence-corrected chi connectivity index (χ0v) is 11.1. The first-order valence-electron chi connectivity index (χ1n) is 5.12. The van der Waals surface area contributed by atoms with E-state index in [0.717, 1.165) is 5.57 Å². The minimum absolute atomic E-state index is 0.500. The number of hydrogen-bond donors (Lipinski definition) is 1. The van der Waals surface area contributed by atoms with Gasteiger partial charge >= 0.3 is 0 Å². The van der Waals surface area contributed by atoms with Crippen molar-refractivity contribution in [1.82, 2.24) is 0 Å². The number of allylic oxidation sites excluding steroid dienone is 3. The van der Waals surface area contributed by atoms with Crippen LogP contribution in [0.5, 0.6) is 0 Å². The summed E-state index contributed by atoms with van der Waals surface area (Å²) in [4.78, 5) is 0. The number of hydrogen-bond acceptors (Lipinski definition) is 1. The standard InChI is InChI=1S/C7H13N.2C2H6.CH3F/c1-4-6(2)7(3)5-8;3*1-2/h4-5H,8H2,1-3H3;2*1-2H3;1H3/b6-4-,7-5-;;;. The maximum atomic E-state index is 9.50. The first kappa shape index (κ1) is 23.2. The van der Waals surface area contributed by atoms with Gasteiger partial charge in [0.25, 0.3) is 0 Å². The summed E-state index contributed by atoms with van der Waals surface area (Å²) in [5, 5.41) is 0. The summed E-state index contributed by atoms with van der Waals surface area (Å²) in [7, 11) is 0.500. The van der Waals surface area contributed by atoms with Crippen molar-refractivity contribution in [1.29, 1.82) is 0 Å². The van der Waals surface area contributed by atoms with E-state index in [9.17, 15) is 4.39 Å². The Morgan fingerprint density at radius 3 is 1.29 bits per heavy atom. The molecule has 14 heavy (non-hydrogen) atoms. The van der Waals surface area contributed by atoms with Crippen LogP contribution in [-0.2, 0) is 0 Å². The smallest absolute Gasteiger partial charge is 0.0785 e. The van der Waals surface area contributed by atoms with Gasteiger partial charge in [-0.2, -0.15) is 0 Å². The summed E-state index contributed by atoms with van der Waals surface area (Å²) in [6.45, 7) is 14.0. The second-order valence-electron chi connectivity index (χ2n) is 1.82. The normalized spacial score (nSPS) is 9.50. The van der Waals surface area contributed by atoms with Crippen molar-refractivity contribution in [2.24, 2.45) is 5.73 Å². The van der Waals surface area contributed by atoms with Crippen LogP contribution in [0, 0.1) is 0 Å². The lowest BCUT2D eigenvalue weighted by Crippen LogP contribution is -1.84. The Hall–Kier alpha value is -0.790. The molecule has 0 aliphatic heterocycles. The van der Waals surface area contributed by atoms with Crippen LogP contribution in [0.15, 0.2) is 23.4 Å². The topological polar surface area (TPSA) is 26.0 Å². The van der Waals surface area contributed by atoms with Crippen molar-refractivity contribution in [2.75, 3.05) is 7.18 Å². The van der Waals surface area contributed by atoms with E-state index in [2.05, 4.69) is 0 Å². The van der Waals surface area contributed by atoms with E-state index in [1.165, 1.54) is 5.57 Å². The van der Waals surface area contributed by atoms with Crippen LogP contribution in [0.4, 0.5) is 4.39 Å². The Kier molecular flexibility index (Phi) is 48.9. The average Bonchev–Trinajstić information content (AvgIpc) is 2.34. The number of nitrogens with two attached hydrogens (primary N) is 1. The third-order valence-corrected chi connectivity index (χ3v) is 1.31. The molecule has 0 unspecified atom stereocenters. The molecule has 0 saturated carbocycles. The molecule has 0 heterocycles. The Morgan fingerprint density at radius 1 is 0.929 bits per heavy atom. The molecule has 0 aromatic rings. The molecular formula is C12H28FN. The molecule has 0 spiro atoms. The predicted octanol–water partition coefficient (Wildman–Crippen LogP) is 4.45. The summed E-state index contributed by atoms with van der Waals surface area (Å²) in [5.41, 5.74) is 7.63. The Labute approximate surface area is 89.9 Å². The van der Waals surface area contributed by atoms with E-state index >= 15 is 0 Å². The van der Waals surface area contributed by atoms with Gasteiger partial charge in [0.05, 0.1) is 7.18 Å². The largest absolute Gasteiger partial charge is 0.404 e. The van der Waals surface area contributed by atoms with Crippen molar-refractivity contribution in [2.45, 2.75) is 48.5 Å². The molecule has 0 saturated heterocycles. The van der Waals surface area contributed by atoms with Gasteiger partial charge in [-0.1, -0.05) is 39.3 Å². The molecule has 2 N–H and O–H groups in total. The van der Waals surface area contributed by atoms with E-state index in [1.807, 2.05) is 54.5 Å². The maximum absolute atomic E-state index is 9.50. The van der Waals surface area contributed by atoms with E-state index in [1.54, 1.807) is 6.20 Å². The van der Waals surface area contributed by atoms with Gasteiger partial charge in [0.2, 0.25) is 0 Å². The first-order valence-corrected chi connectivity index (χ1v) is 5.12. The van der Waals surface area contributed by atoms with Crippen LogP contribution in [0.25, 0.3) is 0 Å². The highest BCUT2D eigenvalue weighted by molar-refractivity contribution is 5.24. The van der Waals surface area contributed by atoms with E-state index < -0.39 is 0 Å². The molecule has 0 atom stereocenters. The average molecular weight is 205 g/mol. The molecule has 0 rings (SSSR count). The molecule has 0 fully saturated rings. The van der Waals surface area contributed by atoms with E-state index in [0.29, 0.717) is 7.18 Å². The number of alkyl halides is 1. The Balaban J connectivity index is -0.0000000708. The number of halogens is 1. The third-order valence-electron chi connectivity index (χ3n) is 1.31. The monoisotopic (exact) mass is 205 g/mol. The highest BCUT2D eigenvalue weighted by Gasteiger charge is 1.85. The van der Waals surface area contributed by atoms with E-state index in [-0.39, 0.29) is 0 Å². The Morgan fingerprint density at radius 2 is 1.21 bits per heavy atom. The number of rotatable bonds is 1. The van der Waals surface area contributed by atoms with Crippen LogP contribution in [0.1, 0.15) is 48.5 Å². The van der Waals surface area contributed by atoms with E-state index in [4.69, 9.17) is 5.73 Å². The molecular weight excluding hydrogens is 177 g/mol. The molecule has 88 valence electrons. The predicted molar refractivity (Wildman–Crippen MR) is 67.1 cm³/mol. The molecule has 1 nitrogen and oxygen atoms in total. The van der Waals surface area contributed by atoms with Gasteiger partial charge in [0.15, 0.2) is 0 Å². The minimum atomic E-state index is 0.500. The first-order chi connectivity index (χ1) is 6.72. The minimum Gasteiger partial charge on any atom is -0.404 e. The lowest BCUT2D eigenvalue weighted by atomic mass is 10.1. The van der Waals surface area contributed by atoms with Crippen molar-refractivity contribution in [3.05, 3.63) is 23.4 Å². The fraction of sp³-hybridized carbons (Fsp3) is 0.667.